The summed E-state index contributed by atoms with van der Waals surface area (Å²) in [4.78, 5) is 1.11. The molecule has 1 aliphatic carbocycles. The highest BCUT2D eigenvalue weighted by molar-refractivity contribution is 7.91. The second-order valence-electron chi connectivity index (χ2n) is 5.38. The normalized spacial score (nSPS) is 18.1. The van der Waals surface area contributed by atoms with Crippen molar-refractivity contribution in [3.8, 4) is 0 Å². The fourth-order valence-corrected chi connectivity index (χ4v) is 5.24. The van der Waals surface area contributed by atoms with Gasteiger partial charge < -0.3 is 5.32 Å². The van der Waals surface area contributed by atoms with E-state index in [1.54, 1.807) is 6.07 Å². The number of sulfonamides is 1. The fourth-order valence-electron chi connectivity index (χ4n) is 2.56. The van der Waals surface area contributed by atoms with Gasteiger partial charge in [0, 0.05) is 10.9 Å². The maximum atomic E-state index is 12.4. The molecule has 1 heterocycles. The predicted molar refractivity (Wildman–Crippen MR) is 83.8 cm³/mol. The minimum atomic E-state index is -3.33. The number of thiophene rings is 1. The quantitative estimate of drug-likeness (QED) is 0.793. The van der Waals surface area contributed by atoms with Crippen LogP contribution in [-0.2, 0) is 16.4 Å². The van der Waals surface area contributed by atoms with Gasteiger partial charge in [0.25, 0.3) is 0 Å². The van der Waals surface area contributed by atoms with Gasteiger partial charge in [-0.25, -0.2) is 13.1 Å². The molecular weight excluding hydrogens is 292 g/mol. The van der Waals surface area contributed by atoms with Crippen molar-refractivity contribution in [1.82, 2.24) is 10.0 Å². The molecule has 0 atom stereocenters. The van der Waals surface area contributed by atoms with E-state index in [0.29, 0.717) is 4.21 Å². The minimum Gasteiger partial charge on any atom is -0.319 e. The Morgan fingerprint density at radius 1 is 1.20 bits per heavy atom. The number of rotatable bonds is 6. The maximum Gasteiger partial charge on any atom is 0.250 e. The van der Waals surface area contributed by atoms with Crippen LogP contribution in [0.2, 0.25) is 0 Å². The lowest BCUT2D eigenvalue weighted by atomic mass is 10.1. The van der Waals surface area contributed by atoms with Crippen molar-refractivity contribution < 1.29 is 8.42 Å². The highest BCUT2D eigenvalue weighted by atomic mass is 32.2. The third-order valence-electron chi connectivity index (χ3n) is 3.70. The second kappa shape index (κ2) is 7.54. The van der Waals surface area contributed by atoms with Crippen molar-refractivity contribution in [2.24, 2.45) is 0 Å². The zero-order valence-corrected chi connectivity index (χ0v) is 13.7. The lowest BCUT2D eigenvalue weighted by Gasteiger charge is -2.15. The standard InChI is InChI=1S/C14H24N2O2S2/c1-15-11-10-13-8-9-14(19-13)20(17,18)16-12-6-4-2-3-5-7-12/h8-9,12,15-16H,2-7,10-11H2,1H3. The second-order valence-corrected chi connectivity index (χ2v) is 8.49. The summed E-state index contributed by atoms with van der Waals surface area (Å²) in [5, 5.41) is 3.08. The van der Waals surface area contributed by atoms with Gasteiger partial charge in [0.15, 0.2) is 0 Å². The summed E-state index contributed by atoms with van der Waals surface area (Å²) < 4.78 is 28.1. The molecule has 0 radical (unpaired) electrons. The Morgan fingerprint density at radius 2 is 1.90 bits per heavy atom. The van der Waals surface area contributed by atoms with Gasteiger partial charge in [-0.2, -0.15) is 0 Å². The van der Waals surface area contributed by atoms with Gasteiger partial charge in [0.1, 0.15) is 4.21 Å². The average molecular weight is 316 g/mol. The van der Waals surface area contributed by atoms with E-state index >= 15 is 0 Å². The van der Waals surface area contributed by atoms with Crippen LogP contribution in [0.3, 0.4) is 0 Å². The Bertz CT molecular complexity index is 503. The number of hydrogen-bond acceptors (Lipinski definition) is 4. The molecule has 6 heteroatoms. The molecule has 0 aliphatic heterocycles. The third-order valence-corrected chi connectivity index (χ3v) is 6.86. The van der Waals surface area contributed by atoms with Crippen LogP contribution >= 0.6 is 11.3 Å². The Morgan fingerprint density at radius 3 is 2.55 bits per heavy atom. The van der Waals surface area contributed by atoms with Crippen LogP contribution in [0.4, 0.5) is 0 Å². The molecule has 0 unspecified atom stereocenters. The van der Waals surface area contributed by atoms with Crippen LogP contribution in [0, 0.1) is 0 Å². The molecule has 2 rings (SSSR count). The zero-order chi connectivity index (χ0) is 14.4. The molecular formula is C14H24N2O2S2. The first-order valence-electron chi connectivity index (χ1n) is 7.37. The Hall–Kier alpha value is -0.430. The lowest BCUT2D eigenvalue weighted by Crippen LogP contribution is -2.33. The van der Waals surface area contributed by atoms with E-state index in [0.717, 1.165) is 43.5 Å². The first kappa shape index (κ1) is 15.9. The molecule has 0 aromatic carbocycles. The minimum absolute atomic E-state index is 0.116. The highest BCUT2D eigenvalue weighted by Crippen LogP contribution is 2.24. The van der Waals surface area contributed by atoms with E-state index in [9.17, 15) is 8.42 Å². The average Bonchev–Trinajstić information content (AvgIpc) is 2.76. The molecule has 4 nitrogen and oxygen atoms in total. The molecule has 1 aromatic rings. The summed E-state index contributed by atoms with van der Waals surface area (Å²) in [6.07, 6.45) is 7.53. The number of nitrogens with one attached hydrogen (secondary N) is 2. The van der Waals surface area contributed by atoms with E-state index in [1.165, 1.54) is 24.2 Å². The van der Waals surface area contributed by atoms with Gasteiger partial charge in [0.2, 0.25) is 10.0 Å². The molecule has 0 spiro atoms. The monoisotopic (exact) mass is 316 g/mol. The van der Waals surface area contributed by atoms with Crippen molar-refractivity contribution in [1.29, 1.82) is 0 Å². The van der Waals surface area contributed by atoms with Crippen LogP contribution in [0.25, 0.3) is 0 Å². The number of hydrogen-bond donors (Lipinski definition) is 2. The van der Waals surface area contributed by atoms with E-state index < -0.39 is 10.0 Å². The molecule has 1 aliphatic rings. The summed E-state index contributed by atoms with van der Waals surface area (Å²) in [7, 11) is -1.43. The Kier molecular flexibility index (Phi) is 6.01. The number of likely N-dealkylation sites (N-methyl/N-ethyl adjacent to an activating group) is 1. The topological polar surface area (TPSA) is 58.2 Å². The molecule has 1 aromatic heterocycles. The van der Waals surface area contributed by atoms with Gasteiger partial charge in [0.05, 0.1) is 0 Å². The summed E-state index contributed by atoms with van der Waals surface area (Å²) in [5.74, 6) is 0. The summed E-state index contributed by atoms with van der Waals surface area (Å²) >= 11 is 1.38. The van der Waals surface area contributed by atoms with Crippen molar-refractivity contribution in [2.75, 3.05) is 13.6 Å². The van der Waals surface area contributed by atoms with Crippen molar-refractivity contribution in [2.45, 2.75) is 55.2 Å². The van der Waals surface area contributed by atoms with E-state index in [2.05, 4.69) is 10.0 Å². The predicted octanol–water partition coefficient (Wildman–Crippen LogP) is 2.51. The molecule has 114 valence electrons. The summed E-state index contributed by atoms with van der Waals surface area (Å²) in [5.41, 5.74) is 0. The third kappa shape index (κ3) is 4.55. The maximum absolute atomic E-state index is 12.4. The molecule has 0 saturated heterocycles. The van der Waals surface area contributed by atoms with E-state index in [1.807, 2.05) is 13.1 Å². The molecule has 2 N–H and O–H groups in total. The zero-order valence-electron chi connectivity index (χ0n) is 12.0. The Labute approximate surface area is 126 Å². The van der Waals surface area contributed by atoms with Crippen LogP contribution in [-0.4, -0.2) is 28.1 Å². The Balaban J connectivity index is 1.99. The van der Waals surface area contributed by atoms with Crippen LogP contribution in [0.1, 0.15) is 43.4 Å². The van der Waals surface area contributed by atoms with Crippen molar-refractivity contribution in [3.63, 3.8) is 0 Å². The molecule has 20 heavy (non-hydrogen) atoms. The van der Waals surface area contributed by atoms with Gasteiger partial charge in [-0.15, -0.1) is 11.3 Å². The molecule has 0 bridgehead atoms. The van der Waals surface area contributed by atoms with Gasteiger partial charge in [-0.1, -0.05) is 25.7 Å². The van der Waals surface area contributed by atoms with Crippen molar-refractivity contribution in [3.05, 3.63) is 17.0 Å². The highest BCUT2D eigenvalue weighted by Gasteiger charge is 2.22. The first-order valence-corrected chi connectivity index (χ1v) is 9.67. The van der Waals surface area contributed by atoms with Crippen LogP contribution in [0.5, 0.6) is 0 Å². The van der Waals surface area contributed by atoms with Crippen molar-refractivity contribution >= 4 is 21.4 Å². The molecule has 1 saturated carbocycles. The van der Waals surface area contributed by atoms with Gasteiger partial charge in [-0.3, -0.25) is 0 Å². The largest absolute Gasteiger partial charge is 0.319 e. The van der Waals surface area contributed by atoms with E-state index in [-0.39, 0.29) is 6.04 Å². The fraction of sp³-hybridized carbons (Fsp3) is 0.714. The molecule has 0 amide bonds. The van der Waals surface area contributed by atoms with Crippen LogP contribution < -0.4 is 10.0 Å². The smallest absolute Gasteiger partial charge is 0.250 e. The van der Waals surface area contributed by atoms with Gasteiger partial charge >= 0.3 is 0 Å². The van der Waals surface area contributed by atoms with E-state index in [4.69, 9.17) is 0 Å². The SMILES string of the molecule is CNCCc1ccc(S(=O)(=O)NC2CCCCCC2)s1. The molecule has 1 fully saturated rings. The van der Waals surface area contributed by atoms with Gasteiger partial charge in [-0.05, 0) is 45.0 Å². The summed E-state index contributed by atoms with van der Waals surface area (Å²) in [6.45, 7) is 0.871. The first-order chi connectivity index (χ1) is 9.62. The lowest BCUT2D eigenvalue weighted by molar-refractivity contribution is 0.511. The van der Waals surface area contributed by atoms with Crippen LogP contribution in [0.15, 0.2) is 16.3 Å². The summed E-state index contributed by atoms with van der Waals surface area (Å²) in [6, 6.07) is 3.77.